The Hall–Kier alpha value is -1.17. The number of carbonyl (C=O) groups is 1. The lowest BCUT2D eigenvalue weighted by atomic mass is 9.46. The fourth-order valence-corrected chi connectivity index (χ4v) is 13.8. The molecule has 2 spiro atoms. The molecular weight excluding hydrogens is 644 g/mol. The van der Waals surface area contributed by atoms with Gasteiger partial charge < -0.3 is 29.4 Å². The van der Waals surface area contributed by atoms with Gasteiger partial charge in [0, 0.05) is 45.6 Å². The maximum absolute atomic E-state index is 12.3. The zero-order valence-corrected chi connectivity index (χ0v) is 32.8. The predicted molar refractivity (Wildman–Crippen MR) is 194 cm³/mol. The molecule has 3 heterocycles. The molecule has 0 aromatic carbocycles. The van der Waals surface area contributed by atoms with Crippen LogP contribution in [0.1, 0.15) is 126 Å². The molecule has 0 bridgehead atoms. The van der Waals surface area contributed by atoms with E-state index < -0.39 is 5.60 Å². The third-order valence-corrected chi connectivity index (χ3v) is 16.4. The van der Waals surface area contributed by atoms with Crippen molar-refractivity contribution in [2.45, 2.75) is 167 Å². The molecule has 3 aliphatic heterocycles. The summed E-state index contributed by atoms with van der Waals surface area (Å²) in [6, 6.07) is 0. The van der Waals surface area contributed by atoms with Crippen LogP contribution in [0.5, 0.6) is 0 Å². The lowest BCUT2D eigenvalue weighted by molar-refractivity contribution is -0.245. The van der Waals surface area contributed by atoms with Gasteiger partial charge in [-0.2, -0.15) is 10.2 Å². The van der Waals surface area contributed by atoms with Crippen LogP contribution in [-0.4, -0.2) is 97.3 Å². The highest BCUT2D eigenvalue weighted by Crippen LogP contribution is 2.87. The Kier molecular flexibility index (Phi) is 9.35. The third kappa shape index (κ3) is 6.26. The van der Waals surface area contributed by atoms with Crippen LogP contribution in [-0.2, 0) is 23.7 Å². The molecule has 10 heteroatoms. The van der Waals surface area contributed by atoms with E-state index >= 15 is 0 Å². The molecule has 0 aromatic rings. The van der Waals surface area contributed by atoms with Crippen LogP contribution in [0.2, 0.25) is 0 Å². The molecule has 0 aromatic heterocycles. The normalized spacial score (nSPS) is 45.4. The summed E-state index contributed by atoms with van der Waals surface area (Å²) in [5, 5.41) is 22.1. The maximum Gasteiger partial charge on any atom is 0.220 e. The van der Waals surface area contributed by atoms with Gasteiger partial charge in [0.15, 0.2) is 12.0 Å². The smallest absolute Gasteiger partial charge is 0.220 e. The lowest BCUT2D eigenvalue weighted by Gasteiger charge is -2.60. The van der Waals surface area contributed by atoms with Crippen molar-refractivity contribution in [2.24, 2.45) is 55.6 Å². The molecule has 8 aliphatic rings. The van der Waals surface area contributed by atoms with Crippen LogP contribution in [0.4, 0.5) is 0 Å². The third-order valence-electron chi connectivity index (χ3n) is 16.4. The number of nitrogens with one attached hydrogen (secondary N) is 1. The van der Waals surface area contributed by atoms with Crippen LogP contribution in [0.15, 0.2) is 10.2 Å². The van der Waals surface area contributed by atoms with Crippen molar-refractivity contribution < 1.29 is 28.8 Å². The predicted octanol–water partition coefficient (Wildman–Crippen LogP) is 6.49. The second kappa shape index (κ2) is 13.0. The van der Waals surface area contributed by atoms with Crippen LogP contribution in [0.25, 0.3) is 0 Å². The number of nitrogens with zero attached hydrogens (tertiary/aromatic N) is 3. The molecule has 288 valence electrons. The van der Waals surface area contributed by atoms with Gasteiger partial charge in [0.1, 0.15) is 6.10 Å². The highest BCUT2D eigenvalue weighted by molar-refractivity contribution is 5.75. The van der Waals surface area contributed by atoms with E-state index in [1.807, 2.05) is 27.7 Å². The van der Waals surface area contributed by atoms with Gasteiger partial charge in [-0.15, -0.1) is 0 Å². The molecule has 2 N–H and O–H groups in total. The first kappa shape index (κ1) is 36.8. The summed E-state index contributed by atoms with van der Waals surface area (Å²) in [5.41, 5.74) is 0.204. The van der Waals surface area contributed by atoms with E-state index in [9.17, 15) is 9.90 Å². The van der Waals surface area contributed by atoms with Gasteiger partial charge >= 0.3 is 0 Å². The van der Waals surface area contributed by atoms with Crippen molar-refractivity contribution in [3.63, 3.8) is 0 Å². The first-order chi connectivity index (χ1) is 24.1. The molecule has 8 rings (SSSR count). The highest BCUT2D eigenvalue weighted by atomic mass is 16.7. The van der Waals surface area contributed by atoms with E-state index in [0.717, 1.165) is 44.3 Å². The zero-order chi connectivity index (χ0) is 36.0. The maximum atomic E-state index is 12.3. The summed E-state index contributed by atoms with van der Waals surface area (Å²) in [7, 11) is 0. The number of morpholine rings is 1. The average molecular weight is 713 g/mol. The lowest BCUT2D eigenvalue weighted by Crippen LogP contribution is -2.56. The van der Waals surface area contributed by atoms with Gasteiger partial charge in [-0.25, -0.2) is 0 Å². The number of carbonyl (C=O) groups excluding carboxylic acids is 1. The van der Waals surface area contributed by atoms with Crippen LogP contribution < -0.4 is 5.32 Å². The van der Waals surface area contributed by atoms with Crippen molar-refractivity contribution >= 4 is 5.91 Å². The molecule has 10 nitrogen and oxygen atoms in total. The fraction of sp³-hybridized carbons (Fsp3) is 0.976. The molecule has 8 unspecified atom stereocenters. The number of aliphatic hydroxyl groups is 1. The highest BCUT2D eigenvalue weighted by Gasteiger charge is 2.80. The van der Waals surface area contributed by atoms with Crippen LogP contribution in [0.3, 0.4) is 0 Å². The monoisotopic (exact) mass is 713 g/mol. The average Bonchev–Trinajstić information content (AvgIpc) is 3.96. The minimum atomic E-state index is -0.912. The molecular formula is C41H68N4O6. The van der Waals surface area contributed by atoms with Crippen molar-refractivity contribution in [2.75, 3.05) is 39.4 Å². The summed E-state index contributed by atoms with van der Waals surface area (Å²) < 4.78 is 26.3. The Morgan fingerprint density at radius 3 is 2.55 bits per heavy atom. The first-order valence-corrected chi connectivity index (χ1v) is 20.8. The zero-order valence-electron chi connectivity index (χ0n) is 32.8. The largest absolute Gasteiger partial charge is 0.388 e. The number of hydrogen-bond donors (Lipinski definition) is 2. The summed E-state index contributed by atoms with van der Waals surface area (Å²) >= 11 is 0. The van der Waals surface area contributed by atoms with Gasteiger partial charge in [-0.3, -0.25) is 9.69 Å². The number of amides is 1. The molecule has 1 amide bonds. The van der Waals surface area contributed by atoms with E-state index in [1.165, 1.54) is 51.4 Å². The SMILES string of the molecule is CCO[C@@H](C1CCC2C(CC3C4CCC5C(C)(C)[C@@H](OC6CN(CCNC(=O)CCC7(C)N=N7)CCO6)CC[C@@]56C[C@@]46CCC23C)O1)C(C)(C)O. The van der Waals surface area contributed by atoms with Crippen LogP contribution >= 0.6 is 0 Å². The Labute approximate surface area is 306 Å². The number of fused-ring (bicyclic) bond motifs is 4. The Morgan fingerprint density at radius 2 is 1.80 bits per heavy atom. The molecule has 2 saturated heterocycles. The van der Waals surface area contributed by atoms with Crippen molar-refractivity contribution in [3.8, 4) is 0 Å². The summed E-state index contributed by atoms with van der Waals surface area (Å²) in [6.07, 6.45) is 13.7. The first-order valence-electron chi connectivity index (χ1n) is 20.8. The van der Waals surface area contributed by atoms with E-state index in [2.05, 4.69) is 41.2 Å². The van der Waals surface area contributed by atoms with Gasteiger partial charge in [-0.1, -0.05) is 20.8 Å². The van der Waals surface area contributed by atoms with Crippen molar-refractivity contribution in [3.05, 3.63) is 0 Å². The standard InChI is InChI=1S/C41H68N4O6/c1-8-48-35(37(4,5)47)29-11-9-27-30(50-29)23-28-26-10-12-31-36(2,3)32(13-16-41(31)25-40(26,41)18-17-38(27,28)6)51-34-24-45(21-22-49-34)20-19-42-33(46)14-15-39(7)43-44-39/h26-32,34-35,47H,8-25H2,1-7H3,(H,42,46)/t26?,27?,28?,29?,30?,31?,32-,34?,35-,38?,40-,41+/m0/s1. The molecule has 0 radical (unpaired) electrons. The molecule has 5 aliphatic carbocycles. The van der Waals surface area contributed by atoms with Crippen molar-refractivity contribution in [1.82, 2.24) is 10.2 Å². The van der Waals surface area contributed by atoms with Gasteiger partial charge in [0.2, 0.25) is 5.91 Å². The molecule has 5 saturated carbocycles. The minimum Gasteiger partial charge on any atom is -0.388 e. The number of hydrogen-bond acceptors (Lipinski definition) is 9. The Morgan fingerprint density at radius 1 is 1.02 bits per heavy atom. The second-order valence-corrected chi connectivity index (χ2v) is 19.9. The second-order valence-electron chi connectivity index (χ2n) is 19.9. The minimum absolute atomic E-state index is 0.0246. The molecule has 51 heavy (non-hydrogen) atoms. The number of rotatable bonds is 12. The molecule has 7 fully saturated rings. The summed E-state index contributed by atoms with van der Waals surface area (Å²) in [6.45, 7) is 19.7. The van der Waals surface area contributed by atoms with Gasteiger partial charge in [0.05, 0.1) is 30.5 Å². The summed E-state index contributed by atoms with van der Waals surface area (Å²) in [4.78, 5) is 14.7. The fourth-order valence-electron chi connectivity index (χ4n) is 13.8. The van der Waals surface area contributed by atoms with Crippen LogP contribution in [0, 0.1) is 45.3 Å². The van der Waals surface area contributed by atoms with E-state index in [4.69, 9.17) is 18.9 Å². The Bertz CT molecular complexity index is 1350. The summed E-state index contributed by atoms with van der Waals surface area (Å²) in [5.74, 6) is 2.95. The van der Waals surface area contributed by atoms with Gasteiger partial charge in [0.25, 0.3) is 0 Å². The quantitative estimate of drug-likeness (QED) is 0.238. The van der Waals surface area contributed by atoms with E-state index in [-0.39, 0.29) is 41.6 Å². The molecule has 12 atom stereocenters. The van der Waals surface area contributed by atoms with E-state index in [1.54, 1.807) is 0 Å². The van der Waals surface area contributed by atoms with E-state index in [0.29, 0.717) is 66.8 Å². The van der Waals surface area contributed by atoms with Gasteiger partial charge in [-0.05, 0) is 137 Å². The Balaban J connectivity index is 0.875. The topological polar surface area (TPSA) is 114 Å². The number of ether oxygens (including phenoxy) is 4. The van der Waals surface area contributed by atoms with Crippen molar-refractivity contribution in [1.29, 1.82) is 0 Å².